The van der Waals surface area contributed by atoms with Gasteiger partial charge in [0.15, 0.2) is 0 Å². The molecule has 1 aromatic carbocycles. The molecule has 0 atom stereocenters. The molecule has 0 saturated heterocycles. The van der Waals surface area contributed by atoms with Crippen LogP contribution in [-0.4, -0.2) is 37.9 Å². The molecule has 0 aliphatic carbocycles. The van der Waals surface area contributed by atoms with Crippen molar-refractivity contribution in [2.75, 3.05) is 26.8 Å². The zero-order chi connectivity index (χ0) is 18.1. The number of ether oxygens (including phenoxy) is 2. The van der Waals surface area contributed by atoms with Gasteiger partial charge in [0.25, 0.3) is 0 Å². The minimum Gasteiger partial charge on any atom is -0.494 e. The Kier molecular flexibility index (Phi) is 8.74. The van der Waals surface area contributed by atoms with Crippen LogP contribution in [0.1, 0.15) is 53.0 Å². The van der Waals surface area contributed by atoms with Crippen LogP contribution in [0.2, 0.25) is 0 Å². The van der Waals surface area contributed by atoms with Crippen LogP contribution in [0.25, 0.3) is 0 Å². The SMILES string of the molecule is CCOc1ccc(CNCCC(C)(C)OCCC(C)(C)NC)cc1. The predicted molar refractivity (Wildman–Crippen MR) is 102 cm³/mol. The molecule has 0 amide bonds. The largest absolute Gasteiger partial charge is 0.494 e. The molecule has 4 nitrogen and oxygen atoms in total. The van der Waals surface area contributed by atoms with E-state index in [0.717, 1.165) is 38.3 Å². The van der Waals surface area contributed by atoms with Gasteiger partial charge >= 0.3 is 0 Å². The summed E-state index contributed by atoms with van der Waals surface area (Å²) in [6.45, 7) is 14.0. The highest BCUT2D eigenvalue weighted by molar-refractivity contribution is 5.27. The first-order valence-electron chi connectivity index (χ1n) is 9.03. The van der Waals surface area contributed by atoms with Gasteiger partial charge in [-0.05, 0) is 78.7 Å². The van der Waals surface area contributed by atoms with Gasteiger partial charge in [-0.15, -0.1) is 0 Å². The maximum absolute atomic E-state index is 6.07. The predicted octanol–water partition coefficient (Wildman–Crippen LogP) is 3.75. The third-order valence-corrected chi connectivity index (χ3v) is 4.36. The van der Waals surface area contributed by atoms with Crippen molar-refractivity contribution in [2.24, 2.45) is 0 Å². The molecule has 1 rings (SSSR count). The Bertz CT molecular complexity index is 455. The fourth-order valence-corrected chi connectivity index (χ4v) is 2.27. The summed E-state index contributed by atoms with van der Waals surface area (Å²) >= 11 is 0. The van der Waals surface area contributed by atoms with Crippen molar-refractivity contribution in [1.29, 1.82) is 0 Å². The summed E-state index contributed by atoms with van der Waals surface area (Å²) in [5, 5.41) is 6.80. The summed E-state index contributed by atoms with van der Waals surface area (Å²) in [6, 6.07) is 8.27. The summed E-state index contributed by atoms with van der Waals surface area (Å²) in [4.78, 5) is 0. The molecule has 24 heavy (non-hydrogen) atoms. The molecule has 0 saturated carbocycles. The van der Waals surface area contributed by atoms with Gasteiger partial charge in [0.2, 0.25) is 0 Å². The molecule has 0 unspecified atom stereocenters. The fraction of sp³-hybridized carbons (Fsp3) is 0.700. The molecule has 138 valence electrons. The molecule has 0 radical (unpaired) electrons. The topological polar surface area (TPSA) is 42.5 Å². The van der Waals surface area contributed by atoms with Crippen LogP contribution < -0.4 is 15.4 Å². The van der Waals surface area contributed by atoms with Gasteiger partial charge in [0.1, 0.15) is 5.75 Å². The van der Waals surface area contributed by atoms with E-state index in [4.69, 9.17) is 9.47 Å². The number of hydrogen-bond acceptors (Lipinski definition) is 4. The van der Waals surface area contributed by atoms with E-state index in [1.54, 1.807) is 0 Å². The molecule has 0 spiro atoms. The van der Waals surface area contributed by atoms with E-state index in [1.807, 2.05) is 26.1 Å². The molecule has 0 aliphatic rings. The van der Waals surface area contributed by atoms with Gasteiger partial charge in [-0.2, -0.15) is 0 Å². The Morgan fingerprint density at radius 2 is 1.67 bits per heavy atom. The summed E-state index contributed by atoms with van der Waals surface area (Å²) < 4.78 is 11.5. The standard InChI is InChI=1S/C20H36N2O2/c1-7-23-18-10-8-17(9-11-18)16-22-14-12-20(4,5)24-15-13-19(2,3)21-6/h8-11,21-22H,7,12-16H2,1-6H3. The Morgan fingerprint density at radius 1 is 1.00 bits per heavy atom. The molecule has 0 aromatic heterocycles. The Balaban J connectivity index is 2.22. The molecule has 0 aliphatic heterocycles. The summed E-state index contributed by atoms with van der Waals surface area (Å²) in [7, 11) is 2.00. The zero-order valence-electron chi connectivity index (χ0n) is 16.4. The van der Waals surface area contributed by atoms with Gasteiger partial charge in [-0.1, -0.05) is 12.1 Å². The second-order valence-electron chi connectivity index (χ2n) is 7.50. The number of rotatable bonds is 12. The Hall–Kier alpha value is -1.10. The fourth-order valence-electron chi connectivity index (χ4n) is 2.27. The molecule has 0 bridgehead atoms. The second-order valence-corrected chi connectivity index (χ2v) is 7.50. The zero-order valence-corrected chi connectivity index (χ0v) is 16.4. The van der Waals surface area contributed by atoms with E-state index in [9.17, 15) is 0 Å². The quantitative estimate of drug-likeness (QED) is 0.571. The van der Waals surface area contributed by atoms with E-state index in [-0.39, 0.29) is 11.1 Å². The van der Waals surface area contributed by atoms with Crippen LogP contribution in [0.5, 0.6) is 5.75 Å². The first-order valence-corrected chi connectivity index (χ1v) is 9.03. The summed E-state index contributed by atoms with van der Waals surface area (Å²) in [5.74, 6) is 0.931. The van der Waals surface area contributed by atoms with Crippen LogP contribution in [-0.2, 0) is 11.3 Å². The van der Waals surface area contributed by atoms with E-state index in [1.165, 1.54) is 5.56 Å². The van der Waals surface area contributed by atoms with Crippen LogP contribution in [0.4, 0.5) is 0 Å². The lowest BCUT2D eigenvalue weighted by molar-refractivity contribution is -0.0300. The molecule has 1 aromatic rings. The van der Waals surface area contributed by atoms with Crippen molar-refractivity contribution in [3.05, 3.63) is 29.8 Å². The lowest BCUT2D eigenvalue weighted by Crippen LogP contribution is -2.39. The van der Waals surface area contributed by atoms with Gasteiger partial charge in [-0.3, -0.25) is 0 Å². The van der Waals surface area contributed by atoms with Gasteiger partial charge in [0, 0.05) is 18.7 Å². The molecular weight excluding hydrogens is 300 g/mol. The highest BCUT2D eigenvalue weighted by Crippen LogP contribution is 2.17. The maximum atomic E-state index is 6.07. The Morgan fingerprint density at radius 3 is 2.25 bits per heavy atom. The minimum absolute atomic E-state index is 0.102. The Labute approximate surface area is 148 Å². The normalized spacial score (nSPS) is 12.4. The van der Waals surface area contributed by atoms with E-state index < -0.39 is 0 Å². The maximum Gasteiger partial charge on any atom is 0.119 e. The van der Waals surface area contributed by atoms with E-state index >= 15 is 0 Å². The smallest absolute Gasteiger partial charge is 0.119 e. The van der Waals surface area contributed by atoms with Crippen molar-refractivity contribution in [3.63, 3.8) is 0 Å². The van der Waals surface area contributed by atoms with Crippen molar-refractivity contribution >= 4 is 0 Å². The second kappa shape index (κ2) is 10.0. The number of hydrogen-bond donors (Lipinski definition) is 2. The van der Waals surface area contributed by atoms with Crippen molar-refractivity contribution in [2.45, 2.75) is 65.1 Å². The lowest BCUT2D eigenvalue weighted by Gasteiger charge is -2.29. The minimum atomic E-state index is -0.102. The highest BCUT2D eigenvalue weighted by atomic mass is 16.5. The van der Waals surface area contributed by atoms with Crippen LogP contribution >= 0.6 is 0 Å². The van der Waals surface area contributed by atoms with Gasteiger partial charge in [-0.25, -0.2) is 0 Å². The third kappa shape index (κ3) is 8.67. The van der Waals surface area contributed by atoms with Crippen molar-refractivity contribution in [3.8, 4) is 5.75 Å². The molecule has 4 heteroatoms. The van der Waals surface area contributed by atoms with Crippen molar-refractivity contribution in [1.82, 2.24) is 10.6 Å². The van der Waals surface area contributed by atoms with E-state index in [2.05, 4.69) is 50.5 Å². The first kappa shape index (κ1) is 20.9. The molecular formula is C20H36N2O2. The highest BCUT2D eigenvalue weighted by Gasteiger charge is 2.20. The third-order valence-electron chi connectivity index (χ3n) is 4.36. The number of nitrogens with one attached hydrogen (secondary N) is 2. The van der Waals surface area contributed by atoms with Crippen LogP contribution in [0.3, 0.4) is 0 Å². The average Bonchev–Trinajstić information content (AvgIpc) is 2.53. The van der Waals surface area contributed by atoms with Crippen molar-refractivity contribution < 1.29 is 9.47 Å². The van der Waals surface area contributed by atoms with Gasteiger partial charge < -0.3 is 20.1 Å². The lowest BCUT2D eigenvalue weighted by atomic mass is 10.0. The summed E-state index contributed by atoms with van der Waals surface area (Å²) in [6.07, 6.45) is 2.00. The van der Waals surface area contributed by atoms with Gasteiger partial charge in [0.05, 0.1) is 12.2 Å². The summed E-state index contributed by atoms with van der Waals surface area (Å²) in [5.41, 5.74) is 1.30. The monoisotopic (exact) mass is 336 g/mol. The van der Waals surface area contributed by atoms with Crippen LogP contribution in [0, 0.1) is 0 Å². The van der Waals surface area contributed by atoms with E-state index in [0.29, 0.717) is 6.61 Å². The number of benzene rings is 1. The molecule has 2 N–H and O–H groups in total. The average molecular weight is 337 g/mol. The molecule has 0 heterocycles. The molecule has 0 fully saturated rings. The first-order chi connectivity index (χ1) is 11.3. The van der Waals surface area contributed by atoms with Crippen LogP contribution in [0.15, 0.2) is 24.3 Å².